The standard InChI is InChI=1S/C22H21NO2/c24-22(14-18-9-5-8-16-6-1-3-10-19(16)18)23-15-21-20-11-4-2-7-17(20)12-13-25-21/h1-11,21H,12-15H2,(H,23,24)/t21-/m1/s1. The Balaban J connectivity index is 1.43. The molecule has 1 aliphatic heterocycles. The molecule has 0 unspecified atom stereocenters. The summed E-state index contributed by atoms with van der Waals surface area (Å²) < 4.78 is 5.86. The number of ether oxygens (including phenoxy) is 1. The van der Waals surface area contributed by atoms with Crippen LogP contribution in [0.5, 0.6) is 0 Å². The van der Waals surface area contributed by atoms with Crippen LogP contribution in [0.3, 0.4) is 0 Å². The highest BCUT2D eigenvalue weighted by molar-refractivity contribution is 5.90. The van der Waals surface area contributed by atoms with E-state index in [0.717, 1.165) is 22.8 Å². The number of amides is 1. The Labute approximate surface area is 147 Å². The maximum absolute atomic E-state index is 12.4. The monoisotopic (exact) mass is 331 g/mol. The molecule has 0 aliphatic carbocycles. The van der Waals surface area contributed by atoms with Crippen molar-refractivity contribution >= 4 is 16.7 Å². The molecule has 1 N–H and O–H groups in total. The van der Waals surface area contributed by atoms with E-state index < -0.39 is 0 Å². The van der Waals surface area contributed by atoms with E-state index in [-0.39, 0.29) is 12.0 Å². The van der Waals surface area contributed by atoms with Gasteiger partial charge in [-0.15, -0.1) is 0 Å². The summed E-state index contributed by atoms with van der Waals surface area (Å²) in [7, 11) is 0. The summed E-state index contributed by atoms with van der Waals surface area (Å²) in [6.45, 7) is 1.22. The SMILES string of the molecule is O=C(Cc1cccc2ccccc12)NC[C@H]1OCCc2ccccc21. The predicted octanol–water partition coefficient (Wildman–Crippen LogP) is 3.81. The molecule has 25 heavy (non-hydrogen) atoms. The molecule has 0 radical (unpaired) electrons. The molecular formula is C22H21NO2. The average molecular weight is 331 g/mol. The van der Waals surface area contributed by atoms with E-state index in [1.165, 1.54) is 11.1 Å². The van der Waals surface area contributed by atoms with Gasteiger partial charge in [-0.3, -0.25) is 4.79 Å². The predicted molar refractivity (Wildman–Crippen MR) is 99.5 cm³/mol. The smallest absolute Gasteiger partial charge is 0.224 e. The van der Waals surface area contributed by atoms with Crippen LogP contribution in [0.2, 0.25) is 0 Å². The summed E-state index contributed by atoms with van der Waals surface area (Å²) in [5.41, 5.74) is 3.57. The third-order valence-corrected chi connectivity index (χ3v) is 4.81. The van der Waals surface area contributed by atoms with Crippen LogP contribution in [0.1, 0.15) is 22.8 Å². The van der Waals surface area contributed by atoms with Gasteiger partial charge in [0.15, 0.2) is 0 Å². The number of fused-ring (bicyclic) bond motifs is 2. The van der Waals surface area contributed by atoms with Crippen molar-refractivity contribution in [2.24, 2.45) is 0 Å². The van der Waals surface area contributed by atoms with Crippen molar-refractivity contribution in [2.45, 2.75) is 18.9 Å². The van der Waals surface area contributed by atoms with Crippen LogP contribution in [0.4, 0.5) is 0 Å². The van der Waals surface area contributed by atoms with Crippen molar-refractivity contribution in [3.63, 3.8) is 0 Å². The summed E-state index contributed by atoms with van der Waals surface area (Å²) in [5.74, 6) is 0.0306. The average Bonchev–Trinajstić information content (AvgIpc) is 2.66. The first-order valence-corrected chi connectivity index (χ1v) is 8.74. The van der Waals surface area contributed by atoms with E-state index in [4.69, 9.17) is 4.74 Å². The van der Waals surface area contributed by atoms with Crippen LogP contribution in [-0.4, -0.2) is 19.1 Å². The van der Waals surface area contributed by atoms with Gasteiger partial charge >= 0.3 is 0 Å². The van der Waals surface area contributed by atoms with Gasteiger partial charge in [-0.25, -0.2) is 0 Å². The van der Waals surface area contributed by atoms with Crippen molar-refractivity contribution < 1.29 is 9.53 Å². The third-order valence-electron chi connectivity index (χ3n) is 4.81. The van der Waals surface area contributed by atoms with Crippen LogP contribution in [0.25, 0.3) is 10.8 Å². The summed E-state index contributed by atoms with van der Waals surface area (Å²) in [6.07, 6.45) is 1.27. The minimum Gasteiger partial charge on any atom is -0.371 e. The van der Waals surface area contributed by atoms with Gasteiger partial charge < -0.3 is 10.1 Å². The second kappa shape index (κ2) is 7.08. The van der Waals surface area contributed by atoms with Crippen molar-refractivity contribution in [3.8, 4) is 0 Å². The Morgan fingerprint density at radius 2 is 1.80 bits per heavy atom. The third kappa shape index (κ3) is 3.42. The second-order valence-corrected chi connectivity index (χ2v) is 6.43. The minimum absolute atomic E-state index is 0.0306. The van der Waals surface area contributed by atoms with Gasteiger partial charge in [0.05, 0.1) is 13.0 Å². The van der Waals surface area contributed by atoms with Gasteiger partial charge in [0.1, 0.15) is 6.10 Å². The van der Waals surface area contributed by atoms with E-state index in [1.54, 1.807) is 0 Å². The first kappa shape index (κ1) is 15.9. The van der Waals surface area contributed by atoms with E-state index in [2.05, 4.69) is 41.7 Å². The number of benzene rings is 3. The molecule has 1 heterocycles. The number of carbonyl (C=O) groups excluding carboxylic acids is 1. The van der Waals surface area contributed by atoms with E-state index in [1.807, 2.05) is 30.3 Å². The number of hydrogen-bond donors (Lipinski definition) is 1. The lowest BCUT2D eigenvalue weighted by atomic mass is 9.97. The minimum atomic E-state index is -0.0542. The van der Waals surface area contributed by atoms with Gasteiger partial charge in [0.2, 0.25) is 5.91 Å². The quantitative estimate of drug-likeness (QED) is 0.789. The zero-order valence-electron chi connectivity index (χ0n) is 14.1. The topological polar surface area (TPSA) is 38.3 Å². The molecule has 3 aromatic rings. The molecule has 0 spiro atoms. The van der Waals surface area contributed by atoms with Crippen LogP contribution >= 0.6 is 0 Å². The van der Waals surface area contributed by atoms with Gasteiger partial charge in [0, 0.05) is 6.54 Å². The van der Waals surface area contributed by atoms with E-state index in [0.29, 0.717) is 19.6 Å². The van der Waals surface area contributed by atoms with Crippen LogP contribution < -0.4 is 5.32 Å². The summed E-state index contributed by atoms with van der Waals surface area (Å²) in [6, 6.07) is 22.6. The van der Waals surface area contributed by atoms with Crippen molar-refractivity contribution in [3.05, 3.63) is 83.4 Å². The van der Waals surface area contributed by atoms with E-state index in [9.17, 15) is 4.79 Å². The lowest BCUT2D eigenvalue weighted by molar-refractivity contribution is -0.121. The second-order valence-electron chi connectivity index (χ2n) is 6.43. The number of nitrogens with one attached hydrogen (secondary N) is 1. The lowest BCUT2D eigenvalue weighted by Gasteiger charge is -2.26. The summed E-state index contributed by atoms with van der Waals surface area (Å²) in [4.78, 5) is 12.4. The highest BCUT2D eigenvalue weighted by Crippen LogP contribution is 2.26. The van der Waals surface area contributed by atoms with Crippen molar-refractivity contribution in [1.82, 2.24) is 5.32 Å². The lowest BCUT2D eigenvalue weighted by Crippen LogP contribution is -2.32. The molecule has 0 fully saturated rings. The van der Waals surface area contributed by atoms with Crippen LogP contribution in [0.15, 0.2) is 66.7 Å². The Hall–Kier alpha value is -2.65. The fourth-order valence-corrected chi connectivity index (χ4v) is 3.53. The molecule has 0 saturated carbocycles. The zero-order valence-corrected chi connectivity index (χ0v) is 14.1. The summed E-state index contributed by atoms with van der Waals surface area (Å²) >= 11 is 0. The van der Waals surface area contributed by atoms with E-state index >= 15 is 0 Å². The molecule has 0 saturated heterocycles. The highest BCUT2D eigenvalue weighted by Gasteiger charge is 2.20. The maximum Gasteiger partial charge on any atom is 0.224 e. The molecule has 126 valence electrons. The summed E-state index contributed by atoms with van der Waals surface area (Å²) in [5, 5.41) is 5.35. The maximum atomic E-state index is 12.4. The first-order valence-electron chi connectivity index (χ1n) is 8.74. The molecule has 1 atom stereocenters. The molecule has 1 amide bonds. The van der Waals surface area contributed by atoms with Gasteiger partial charge in [0.25, 0.3) is 0 Å². The van der Waals surface area contributed by atoms with Gasteiger partial charge in [-0.1, -0.05) is 66.7 Å². The number of rotatable bonds is 4. The fraction of sp³-hybridized carbons (Fsp3) is 0.227. The largest absolute Gasteiger partial charge is 0.371 e. The number of carbonyl (C=O) groups is 1. The molecule has 3 heteroatoms. The van der Waals surface area contributed by atoms with Gasteiger partial charge in [-0.2, -0.15) is 0 Å². The van der Waals surface area contributed by atoms with Crippen molar-refractivity contribution in [1.29, 1.82) is 0 Å². The fourth-order valence-electron chi connectivity index (χ4n) is 3.53. The van der Waals surface area contributed by atoms with Gasteiger partial charge in [-0.05, 0) is 33.9 Å². The molecule has 3 aromatic carbocycles. The van der Waals surface area contributed by atoms with Crippen LogP contribution in [-0.2, 0) is 22.4 Å². The van der Waals surface area contributed by atoms with Crippen LogP contribution in [0, 0.1) is 0 Å². The highest BCUT2D eigenvalue weighted by atomic mass is 16.5. The molecule has 3 nitrogen and oxygen atoms in total. The Kier molecular flexibility index (Phi) is 4.49. The molecule has 4 rings (SSSR count). The first-order chi connectivity index (χ1) is 12.3. The zero-order chi connectivity index (χ0) is 17.1. The Bertz CT molecular complexity index is 898. The number of hydrogen-bond acceptors (Lipinski definition) is 2. The molecule has 1 aliphatic rings. The normalized spacial score (nSPS) is 16.4. The molecular weight excluding hydrogens is 310 g/mol. The van der Waals surface area contributed by atoms with Crippen molar-refractivity contribution in [2.75, 3.05) is 13.2 Å². The molecule has 0 bridgehead atoms. The Morgan fingerprint density at radius 1 is 1.00 bits per heavy atom. The Morgan fingerprint density at radius 3 is 2.76 bits per heavy atom. The molecule has 0 aromatic heterocycles.